The molecule has 248 valence electrons. The van der Waals surface area contributed by atoms with Crippen molar-refractivity contribution in [2.45, 2.75) is 45.3 Å². The van der Waals surface area contributed by atoms with Crippen LogP contribution in [0, 0.1) is 5.92 Å². The lowest BCUT2D eigenvalue weighted by molar-refractivity contribution is -0.122. The van der Waals surface area contributed by atoms with Gasteiger partial charge in [0.2, 0.25) is 5.91 Å². The van der Waals surface area contributed by atoms with E-state index in [4.69, 9.17) is 5.73 Å². The molecule has 0 aliphatic carbocycles. The summed E-state index contributed by atoms with van der Waals surface area (Å²) >= 11 is 2.60. The zero-order valence-electron chi connectivity index (χ0n) is 26.1. The molecule has 1 aliphatic heterocycles. The highest BCUT2D eigenvalue weighted by atomic mass is 35.5. The van der Waals surface area contributed by atoms with Crippen LogP contribution in [0.5, 0.6) is 0 Å². The minimum atomic E-state index is -0.539. The molecule has 4 bridgehead atoms. The van der Waals surface area contributed by atoms with Crippen molar-refractivity contribution in [3.8, 4) is 0 Å². The number of amides is 4. The summed E-state index contributed by atoms with van der Waals surface area (Å²) in [7, 11) is 0. The van der Waals surface area contributed by atoms with E-state index in [9.17, 15) is 19.2 Å². The average molecular weight is 696 g/mol. The Morgan fingerprint density at radius 1 is 0.936 bits per heavy atom. The fourth-order valence-corrected chi connectivity index (χ4v) is 6.98. The van der Waals surface area contributed by atoms with Crippen LogP contribution in [0.1, 0.15) is 84.8 Å². The minimum absolute atomic E-state index is 0. The monoisotopic (exact) mass is 695 g/mol. The molecule has 2 atom stereocenters. The van der Waals surface area contributed by atoms with E-state index in [2.05, 4.69) is 25.9 Å². The molecule has 0 saturated carbocycles. The van der Waals surface area contributed by atoms with Crippen molar-refractivity contribution in [1.82, 2.24) is 30.8 Å². The molecule has 5 N–H and O–H groups in total. The van der Waals surface area contributed by atoms with Crippen LogP contribution in [0.15, 0.2) is 65.4 Å². The van der Waals surface area contributed by atoms with Crippen molar-refractivity contribution < 1.29 is 19.2 Å². The molecule has 3 heterocycles. The number of hydrogen-bond donors (Lipinski definition) is 4. The summed E-state index contributed by atoms with van der Waals surface area (Å²) in [6, 6.07) is 15.7. The molecule has 4 amide bonds. The third-order valence-electron chi connectivity index (χ3n) is 7.57. The summed E-state index contributed by atoms with van der Waals surface area (Å²) in [6.07, 6.45) is 0.850. The molecule has 5 rings (SSSR count). The Kier molecular flexibility index (Phi) is 12.6. The van der Waals surface area contributed by atoms with E-state index in [1.54, 1.807) is 29.0 Å². The molecule has 4 aromatic rings. The lowest BCUT2D eigenvalue weighted by Gasteiger charge is -2.24. The minimum Gasteiger partial charge on any atom is -0.351 e. The lowest BCUT2D eigenvalue weighted by Crippen LogP contribution is -2.43. The van der Waals surface area contributed by atoms with Gasteiger partial charge in [-0.15, -0.1) is 35.1 Å². The zero-order valence-corrected chi connectivity index (χ0v) is 28.6. The van der Waals surface area contributed by atoms with Crippen molar-refractivity contribution in [2.75, 3.05) is 19.6 Å². The van der Waals surface area contributed by atoms with Gasteiger partial charge in [0, 0.05) is 36.0 Å². The SMILES string of the molecule is CC(C)[C@@H]1NC(=O)c2csc(n2)C(Cc2ccccc2)NC(=O)CN(C(=O)c2cccc(CN)c2)CCCNC(=O)c2csc1n2.Cl. The number of carbonyl (C=O) groups excluding carboxylic acids is 4. The van der Waals surface area contributed by atoms with Gasteiger partial charge in [-0.25, -0.2) is 9.97 Å². The summed E-state index contributed by atoms with van der Waals surface area (Å²) in [5, 5.41) is 13.5. The molecule has 2 aromatic heterocycles. The van der Waals surface area contributed by atoms with Crippen LogP contribution < -0.4 is 21.7 Å². The second kappa shape index (κ2) is 16.6. The summed E-state index contributed by atoms with van der Waals surface area (Å²) in [5.41, 5.74) is 8.49. The van der Waals surface area contributed by atoms with Gasteiger partial charge in [-0.2, -0.15) is 0 Å². The first-order valence-corrected chi connectivity index (χ1v) is 16.9. The van der Waals surface area contributed by atoms with Gasteiger partial charge >= 0.3 is 0 Å². The first-order valence-electron chi connectivity index (χ1n) is 15.1. The third-order valence-corrected chi connectivity index (χ3v) is 9.45. The fraction of sp³-hybridized carbons (Fsp3) is 0.333. The van der Waals surface area contributed by atoms with Crippen molar-refractivity contribution in [1.29, 1.82) is 0 Å². The molecule has 0 fully saturated rings. The predicted octanol–water partition coefficient (Wildman–Crippen LogP) is 4.28. The topological polar surface area (TPSA) is 159 Å². The summed E-state index contributed by atoms with van der Waals surface area (Å²) in [5.74, 6) is -1.42. The zero-order chi connectivity index (χ0) is 32.6. The highest BCUT2D eigenvalue weighted by Crippen LogP contribution is 2.27. The molecule has 14 heteroatoms. The predicted molar refractivity (Wildman–Crippen MR) is 185 cm³/mol. The van der Waals surface area contributed by atoms with Gasteiger partial charge in [0.05, 0.1) is 18.6 Å². The number of carbonyl (C=O) groups is 4. The van der Waals surface area contributed by atoms with E-state index in [-0.39, 0.29) is 79.5 Å². The van der Waals surface area contributed by atoms with Crippen molar-refractivity contribution in [3.63, 3.8) is 0 Å². The molecule has 0 radical (unpaired) electrons. The normalized spacial score (nSPS) is 17.8. The van der Waals surface area contributed by atoms with Crippen LogP contribution >= 0.6 is 35.1 Å². The Balaban J connectivity index is 0.00000500. The maximum absolute atomic E-state index is 13.7. The number of hydrogen-bond acceptors (Lipinski definition) is 9. The number of nitrogens with zero attached hydrogens (tertiary/aromatic N) is 3. The van der Waals surface area contributed by atoms with E-state index < -0.39 is 12.1 Å². The van der Waals surface area contributed by atoms with Gasteiger partial charge in [0.1, 0.15) is 21.4 Å². The number of thiazole rings is 2. The van der Waals surface area contributed by atoms with Crippen molar-refractivity contribution in [2.24, 2.45) is 11.7 Å². The third kappa shape index (κ3) is 9.22. The van der Waals surface area contributed by atoms with Gasteiger partial charge in [0.25, 0.3) is 17.7 Å². The molecule has 1 unspecified atom stereocenters. The standard InChI is InChI=1S/C33H37N7O4S2.ClH/c1-20(2)28-32-38-25(18-46-32)29(42)35-12-7-13-40(33(44)23-11-6-10-22(14-23)16-34)17-27(41)36-24(15-21-8-4-3-5-9-21)31-37-26(19-45-31)30(43)39-28;/h3-6,8-11,14,18-20,24,28H,7,12-13,15-17,34H2,1-2H3,(H,35,42)(H,36,41)(H,39,43);1H/t24?,28-;/m0./s1. The molecule has 1 aliphatic rings. The molecule has 2 aromatic carbocycles. The van der Waals surface area contributed by atoms with Crippen LogP contribution in [0.3, 0.4) is 0 Å². The number of benzene rings is 2. The van der Waals surface area contributed by atoms with E-state index in [1.165, 1.54) is 27.6 Å². The Morgan fingerprint density at radius 3 is 2.34 bits per heavy atom. The Bertz CT molecular complexity index is 1690. The molecule has 0 spiro atoms. The van der Waals surface area contributed by atoms with Gasteiger partial charge < -0.3 is 26.6 Å². The van der Waals surface area contributed by atoms with Gasteiger partial charge in [-0.3, -0.25) is 19.2 Å². The van der Waals surface area contributed by atoms with E-state index >= 15 is 0 Å². The number of halogens is 1. The number of nitrogens with one attached hydrogen (secondary N) is 3. The van der Waals surface area contributed by atoms with Crippen LogP contribution in [-0.2, 0) is 17.8 Å². The molecule has 0 saturated heterocycles. The van der Waals surface area contributed by atoms with E-state index in [1.807, 2.05) is 50.2 Å². The quantitative estimate of drug-likeness (QED) is 0.243. The van der Waals surface area contributed by atoms with Gasteiger partial charge in [-0.05, 0) is 42.0 Å². The molecular formula is C33H38ClN7O4S2. The Hall–Kier alpha value is -4.17. The second-order valence-corrected chi connectivity index (χ2v) is 13.2. The van der Waals surface area contributed by atoms with E-state index in [0.717, 1.165) is 11.1 Å². The number of aromatic nitrogens is 2. The van der Waals surface area contributed by atoms with Crippen molar-refractivity contribution in [3.05, 3.63) is 103 Å². The number of fused-ring (bicyclic) bond motifs is 4. The second-order valence-electron chi connectivity index (χ2n) is 11.4. The first-order chi connectivity index (χ1) is 22.2. The number of rotatable bonds is 5. The molecule has 47 heavy (non-hydrogen) atoms. The summed E-state index contributed by atoms with van der Waals surface area (Å²) in [4.78, 5) is 64.3. The van der Waals surface area contributed by atoms with Crippen LogP contribution in [0.4, 0.5) is 0 Å². The smallest absolute Gasteiger partial charge is 0.271 e. The highest BCUT2D eigenvalue weighted by molar-refractivity contribution is 7.10. The first kappa shape index (κ1) is 35.7. The Morgan fingerprint density at radius 2 is 1.62 bits per heavy atom. The number of nitrogens with two attached hydrogens (primary N) is 1. The fourth-order valence-electron chi connectivity index (χ4n) is 5.11. The lowest BCUT2D eigenvalue weighted by atomic mass is 10.0. The van der Waals surface area contributed by atoms with Crippen LogP contribution in [0.2, 0.25) is 0 Å². The molecular weight excluding hydrogens is 658 g/mol. The molecule has 11 nitrogen and oxygen atoms in total. The van der Waals surface area contributed by atoms with Gasteiger partial charge in [0.15, 0.2) is 0 Å². The summed E-state index contributed by atoms with van der Waals surface area (Å²) in [6.45, 7) is 4.49. The van der Waals surface area contributed by atoms with Crippen LogP contribution in [-0.4, -0.2) is 58.1 Å². The highest BCUT2D eigenvalue weighted by Gasteiger charge is 2.27. The van der Waals surface area contributed by atoms with Crippen LogP contribution in [0.25, 0.3) is 0 Å². The van der Waals surface area contributed by atoms with Crippen molar-refractivity contribution >= 4 is 58.7 Å². The van der Waals surface area contributed by atoms with E-state index in [0.29, 0.717) is 28.4 Å². The van der Waals surface area contributed by atoms with Gasteiger partial charge in [-0.1, -0.05) is 56.3 Å². The summed E-state index contributed by atoms with van der Waals surface area (Å²) < 4.78 is 0. The average Bonchev–Trinajstić information content (AvgIpc) is 3.75. The largest absolute Gasteiger partial charge is 0.351 e. The maximum Gasteiger partial charge on any atom is 0.271 e. The maximum atomic E-state index is 13.7. The Labute approximate surface area is 287 Å².